The van der Waals surface area contributed by atoms with E-state index in [9.17, 15) is 21.6 Å². The predicted octanol–water partition coefficient (Wildman–Crippen LogP) is 3.33. The van der Waals surface area contributed by atoms with Crippen molar-refractivity contribution in [1.29, 1.82) is 0 Å². The highest BCUT2D eigenvalue weighted by Crippen LogP contribution is 2.37. The monoisotopic (exact) mass is 337 g/mol. The highest BCUT2D eigenvalue weighted by atomic mass is 32.2. The number of sulfonamides is 1. The Hall–Kier alpha value is -1.28. The molecule has 1 aliphatic rings. The van der Waals surface area contributed by atoms with Gasteiger partial charge in [-0.2, -0.15) is 13.2 Å². The molecule has 2 rings (SSSR count). The molecule has 0 atom stereocenters. The summed E-state index contributed by atoms with van der Waals surface area (Å²) in [6, 6.07) is 2.55. The van der Waals surface area contributed by atoms with Crippen LogP contribution in [0.4, 0.5) is 13.2 Å². The van der Waals surface area contributed by atoms with Crippen molar-refractivity contribution in [2.75, 3.05) is 7.11 Å². The van der Waals surface area contributed by atoms with Gasteiger partial charge in [-0.15, -0.1) is 0 Å². The molecule has 1 fully saturated rings. The van der Waals surface area contributed by atoms with Crippen LogP contribution in [0.25, 0.3) is 0 Å². The number of ether oxygens (including phenoxy) is 1. The van der Waals surface area contributed by atoms with Gasteiger partial charge in [0.25, 0.3) is 0 Å². The zero-order valence-electron chi connectivity index (χ0n) is 12.1. The van der Waals surface area contributed by atoms with Gasteiger partial charge in [0.1, 0.15) is 5.75 Å². The average molecular weight is 337 g/mol. The highest BCUT2D eigenvalue weighted by Gasteiger charge is 2.36. The number of rotatable bonds is 4. The van der Waals surface area contributed by atoms with Crippen LogP contribution in [0.3, 0.4) is 0 Å². The molecule has 0 saturated heterocycles. The molecule has 1 aliphatic carbocycles. The normalized spacial score (nSPS) is 17.5. The Labute approximate surface area is 127 Å². The van der Waals surface area contributed by atoms with Crippen LogP contribution in [0.5, 0.6) is 5.75 Å². The van der Waals surface area contributed by atoms with Gasteiger partial charge in [-0.3, -0.25) is 0 Å². The molecule has 22 heavy (non-hydrogen) atoms. The summed E-state index contributed by atoms with van der Waals surface area (Å²) in [6.07, 6.45) is -0.364. The van der Waals surface area contributed by atoms with Gasteiger partial charge in [0.15, 0.2) is 0 Å². The van der Waals surface area contributed by atoms with Gasteiger partial charge in [0.05, 0.1) is 17.6 Å². The minimum Gasteiger partial charge on any atom is -0.496 e. The Morgan fingerprint density at radius 1 is 1.18 bits per heavy atom. The molecule has 1 saturated carbocycles. The summed E-state index contributed by atoms with van der Waals surface area (Å²) in [5.41, 5.74) is -1.10. The molecule has 0 spiro atoms. The molecule has 0 bridgehead atoms. The maximum Gasteiger partial charge on any atom is 0.420 e. The van der Waals surface area contributed by atoms with E-state index < -0.39 is 32.4 Å². The second kappa shape index (κ2) is 6.45. The number of halogens is 3. The van der Waals surface area contributed by atoms with Gasteiger partial charge < -0.3 is 4.74 Å². The molecule has 8 heteroatoms. The minimum atomic E-state index is -4.68. The lowest BCUT2D eigenvalue weighted by Gasteiger charge is -2.23. The third-order valence-electron chi connectivity index (χ3n) is 3.71. The minimum absolute atomic E-state index is 0.213. The lowest BCUT2D eigenvalue weighted by Crippen LogP contribution is -2.36. The molecule has 0 radical (unpaired) electrons. The molecule has 0 aliphatic heterocycles. The summed E-state index contributed by atoms with van der Waals surface area (Å²) in [5, 5.41) is 0. The number of hydrogen-bond donors (Lipinski definition) is 1. The Kier molecular flexibility index (Phi) is 5.01. The fraction of sp³-hybridized carbons (Fsp3) is 0.571. The zero-order valence-corrected chi connectivity index (χ0v) is 12.9. The number of benzene rings is 1. The van der Waals surface area contributed by atoms with Crippen molar-refractivity contribution in [3.63, 3.8) is 0 Å². The summed E-state index contributed by atoms with van der Waals surface area (Å²) in [5.74, 6) is -0.399. The summed E-state index contributed by atoms with van der Waals surface area (Å²) in [4.78, 5) is -0.397. The second-order valence-electron chi connectivity index (χ2n) is 5.32. The lowest BCUT2D eigenvalue weighted by atomic mass is 9.96. The van der Waals surface area contributed by atoms with Crippen LogP contribution in [0, 0.1) is 0 Å². The Balaban J connectivity index is 2.30. The van der Waals surface area contributed by atoms with Crippen molar-refractivity contribution in [2.24, 2.45) is 0 Å². The first kappa shape index (κ1) is 17.1. The predicted molar refractivity (Wildman–Crippen MR) is 75.2 cm³/mol. The van der Waals surface area contributed by atoms with E-state index in [1.807, 2.05) is 0 Å². The van der Waals surface area contributed by atoms with Crippen LogP contribution in [0.1, 0.15) is 37.7 Å². The van der Waals surface area contributed by atoms with Crippen LogP contribution in [0.15, 0.2) is 23.1 Å². The molecule has 0 amide bonds. The van der Waals surface area contributed by atoms with E-state index in [1.54, 1.807) is 0 Å². The van der Waals surface area contributed by atoms with Crippen LogP contribution < -0.4 is 9.46 Å². The Bertz CT molecular complexity index is 623. The molecule has 1 aromatic carbocycles. The first-order chi connectivity index (χ1) is 10.2. The van der Waals surface area contributed by atoms with Crippen LogP contribution >= 0.6 is 0 Å². The van der Waals surface area contributed by atoms with E-state index in [0.29, 0.717) is 18.9 Å². The highest BCUT2D eigenvalue weighted by molar-refractivity contribution is 7.89. The lowest BCUT2D eigenvalue weighted by molar-refractivity contribution is -0.138. The molecule has 0 heterocycles. The maximum absolute atomic E-state index is 13.0. The van der Waals surface area contributed by atoms with E-state index in [-0.39, 0.29) is 6.04 Å². The molecule has 1 N–H and O–H groups in total. The molecule has 0 unspecified atom stereocenters. The van der Waals surface area contributed by atoms with Crippen molar-refractivity contribution in [2.45, 2.75) is 49.2 Å². The van der Waals surface area contributed by atoms with Crippen molar-refractivity contribution in [3.05, 3.63) is 23.8 Å². The SMILES string of the molecule is COc1ccc(S(=O)(=O)NC2CCCCC2)cc1C(F)(F)F. The first-order valence-corrected chi connectivity index (χ1v) is 8.50. The molecule has 124 valence electrons. The van der Waals surface area contributed by atoms with Crippen LogP contribution in [-0.4, -0.2) is 21.6 Å². The van der Waals surface area contributed by atoms with Gasteiger partial charge in [-0.25, -0.2) is 13.1 Å². The maximum atomic E-state index is 13.0. The van der Waals surface area contributed by atoms with Crippen molar-refractivity contribution >= 4 is 10.0 Å². The van der Waals surface area contributed by atoms with Gasteiger partial charge in [0.2, 0.25) is 10.0 Å². The molecule has 0 aromatic heterocycles. The first-order valence-electron chi connectivity index (χ1n) is 7.01. The summed E-state index contributed by atoms with van der Waals surface area (Å²) >= 11 is 0. The fourth-order valence-corrected chi connectivity index (χ4v) is 3.91. The molecular formula is C14H18F3NO3S. The second-order valence-corrected chi connectivity index (χ2v) is 7.03. The number of nitrogens with one attached hydrogen (secondary N) is 1. The van der Waals surface area contributed by atoms with Gasteiger partial charge in [-0.05, 0) is 31.0 Å². The zero-order chi connectivity index (χ0) is 16.4. The third kappa shape index (κ3) is 3.92. The number of hydrogen-bond acceptors (Lipinski definition) is 3. The van der Waals surface area contributed by atoms with E-state index in [1.165, 1.54) is 0 Å². The van der Waals surface area contributed by atoms with Crippen molar-refractivity contribution in [1.82, 2.24) is 4.72 Å². The standard InChI is InChI=1S/C14H18F3NO3S/c1-21-13-8-7-11(9-12(13)14(15,16)17)22(19,20)18-10-5-3-2-4-6-10/h7-10,18H,2-6H2,1H3. The van der Waals surface area contributed by atoms with Crippen molar-refractivity contribution < 1.29 is 26.3 Å². The van der Waals surface area contributed by atoms with Gasteiger partial charge in [0, 0.05) is 6.04 Å². The molecule has 1 aromatic rings. The quantitative estimate of drug-likeness (QED) is 0.917. The van der Waals surface area contributed by atoms with E-state index in [2.05, 4.69) is 9.46 Å². The van der Waals surface area contributed by atoms with Crippen molar-refractivity contribution in [3.8, 4) is 5.75 Å². The third-order valence-corrected chi connectivity index (χ3v) is 5.23. The topological polar surface area (TPSA) is 55.4 Å². The van der Waals surface area contributed by atoms with Gasteiger partial charge in [-0.1, -0.05) is 19.3 Å². The largest absolute Gasteiger partial charge is 0.496 e. The van der Waals surface area contributed by atoms with E-state index in [4.69, 9.17) is 0 Å². The van der Waals surface area contributed by atoms with E-state index in [0.717, 1.165) is 38.5 Å². The molecule has 4 nitrogen and oxygen atoms in total. The van der Waals surface area contributed by atoms with Crippen LogP contribution in [0.2, 0.25) is 0 Å². The smallest absolute Gasteiger partial charge is 0.420 e. The Morgan fingerprint density at radius 3 is 2.36 bits per heavy atom. The summed E-state index contributed by atoms with van der Waals surface area (Å²) < 4.78 is 70.6. The van der Waals surface area contributed by atoms with E-state index >= 15 is 0 Å². The summed E-state index contributed by atoms with van der Waals surface area (Å²) in [6.45, 7) is 0. The molecular weight excluding hydrogens is 319 g/mol. The average Bonchev–Trinajstić information content (AvgIpc) is 2.46. The Morgan fingerprint density at radius 2 is 1.82 bits per heavy atom. The fourth-order valence-electron chi connectivity index (χ4n) is 2.58. The van der Waals surface area contributed by atoms with Gasteiger partial charge >= 0.3 is 6.18 Å². The number of methoxy groups -OCH3 is 1. The number of alkyl halides is 3. The van der Waals surface area contributed by atoms with Crippen LogP contribution in [-0.2, 0) is 16.2 Å². The summed E-state index contributed by atoms with van der Waals surface area (Å²) in [7, 11) is -2.86.